The van der Waals surface area contributed by atoms with Crippen LogP contribution in [0, 0.1) is 0 Å². The number of carbonyl (C=O) groups is 1. The molecule has 3 rings (SSSR count). The number of urea groups is 1. The summed E-state index contributed by atoms with van der Waals surface area (Å²) in [4.78, 5) is 13.1. The predicted molar refractivity (Wildman–Crippen MR) is 50.4 cm³/mol. The highest BCUT2D eigenvalue weighted by molar-refractivity contribution is 5.80. The topological polar surface area (TPSA) is 50.2 Å². The standard InChI is InChI=1S/C9H10N4O/c14-9-11-7-4-8(6-12(9)5-7)13-3-1-2-10-13/h1-4,7H,5-6H2,(H,11,14). The van der Waals surface area contributed by atoms with Crippen LogP contribution in [0.3, 0.4) is 0 Å². The first-order chi connectivity index (χ1) is 6.83. The van der Waals surface area contributed by atoms with Crippen molar-refractivity contribution in [1.82, 2.24) is 20.0 Å². The Morgan fingerprint density at radius 3 is 3.21 bits per heavy atom. The number of fused-ring (bicyclic) bond motifs is 2. The van der Waals surface area contributed by atoms with Crippen LogP contribution in [0.25, 0.3) is 5.70 Å². The first kappa shape index (κ1) is 7.61. The van der Waals surface area contributed by atoms with E-state index >= 15 is 0 Å². The van der Waals surface area contributed by atoms with Crippen molar-refractivity contribution in [3.05, 3.63) is 24.5 Å². The third kappa shape index (κ3) is 1.02. The Bertz CT molecular complexity index is 395. The van der Waals surface area contributed by atoms with Crippen LogP contribution in [0.5, 0.6) is 0 Å². The molecule has 2 amide bonds. The second-order valence-corrected chi connectivity index (χ2v) is 3.55. The molecule has 2 bridgehead atoms. The van der Waals surface area contributed by atoms with Gasteiger partial charge >= 0.3 is 6.03 Å². The lowest BCUT2D eigenvalue weighted by Gasteiger charge is -2.20. The van der Waals surface area contributed by atoms with Crippen LogP contribution in [-0.2, 0) is 0 Å². The maximum atomic E-state index is 11.3. The van der Waals surface area contributed by atoms with Gasteiger partial charge in [0.15, 0.2) is 0 Å². The summed E-state index contributed by atoms with van der Waals surface area (Å²) in [5.74, 6) is 0. The van der Waals surface area contributed by atoms with Gasteiger partial charge in [-0.3, -0.25) is 0 Å². The fraction of sp³-hybridized carbons (Fsp3) is 0.333. The van der Waals surface area contributed by atoms with Crippen molar-refractivity contribution in [2.24, 2.45) is 0 Å². The molecule has 1 fully saturated rings. The molecule has 14 heavy (non-hydrogen) atoms. The molecule has 1 aromatic heterocycles. The van der Waals surface area contributed by atoms with Crippen molar-refractivity contribution < 1.29 is 4.79 Å². The predicted octanol–water partition coefficient (Wildman–Crippen LogP) is 0.131. The van der Waals surface area contributed by atoms with Crippen LogP contribution in [0.2, 0.25) is 0 Å². The number of amides is 2. The minimum absolute atomic E-state index is 0.0217. The molecule has 72 valence electrons. The molecule has 1 N–H and O–H groups in total. The van der Waals surface area contributed by atoms with Crippen molar-refractivity contribution in [3.63, 3.8) is 0 Å². The molecule has 5 heteroatoms. The number of hydrogen-bond acceptors (Lipinski definition) is 2. The smallest absolute Gasteiger partial charge is 0.318 e. The zero-order chi connectivity index (χ0) is 9.54. The number of aromatic nitrogens is 2. The first-order valence-corrected chi connectivity index (χ1v) is 4.59. The summed E-state index contributed by atoms with van der Waals surface area (Å²) in [6.07, 6.45) is 5.69. The van der Waals surface area contributed by atoms with E-state index < -0.39 is 0 Å². The molecule has 1 aromatic rings. The van der Waals surface area contributed by atoms with Gasteiger partial charge in [-0.2, -0.15) is 5.10 Å². The Morgan fingerprint density at radius 1 is 1.57 bits per heavy atom. The van der Waals surface area contributed by atoms with Gasteiger partial charge in [0.05, 0.1) is 18.3 Å². The Kier molecular flexibility index (Phi) is 1.41. The molecular weight excluding hydrogens is 180 g/mol. The Labute approximate surface area is 81.0 Å². The molecule has 0 spiro atoms. The zero-order valence-electron chi connectivity index (χ0n) is 7.55. The average molecular weight is 190 g/mol. The molecule has 0 aliphatic carbocycles. The zero-order valence-corrected chi connectivity index (χ0v) is 7.55. The summed E-state index contributed by atoms with van der Waals surface area (Å²) in [5.41, 5.74) is 1.06. The lowest BCUT2D eigenvalue weighted by Crippen LogP contribution is -2.31. The van der Waals surface area contributed by atoms with Crippen LogP contribution >= 0.6 is 0 Å². The van der Waals surface area contributed by atoms with E-state index in [0.29, 0.717) is 6.54 Å². The van der Waals surface area contributed by atoms with E-state index in [1.807, 2.05) is 12.3 Å². The molecule has 0 radical (unpaired) electrons. The highest BCUT2D eigenvalue weighted by Gasteiger charge is 2.32. The molecule has 2 aliphatic rings. The van der Waals surface area contributed by atoms with Gasteiger partial charge in [-0.05, 0) is 12.1 Å². The van der Waals surface area contributed by atoms with E-state index in [9.17, 15) is 4.79 Å². The quantitative estimate of drug-likeness (QED) is 0.684. The van der Waals surface area contributed by atoms with Gasteiger partial charge in [-0.1, -0.05) is 0 Å². The van der Waals surface area contributed by atoms with Crippen LogP contribution in [0.15, 0.2) is 24.5 Å². The van der Waals surface area contributed by atoms with Crippen molar-refractivity contribution >= 4 is 11.7 Å². The van der Waals surface area contributed by atoms with Gasteiger partial charge in [0, 0.05) is 18.9 Å². The monoisotopic (exact) mass is 190 g/mol. The molecule has 3 heterocycles. The molecule has 0 aromatic carbocycles. The average Bonchev–Trinajstić information content (AvgIpc) is 2.76. The van der Waals surface area contributed by atoms with Crippen LogP contribution < -0.4 is 5.32 Å². The highest BCUT2D eigenvalue weighted by Crippen LogP contribution is 2.18. The molecule has 1 saturated heterocycles. The molecule has 1 unspecified atom stereocenters. The highest BCUT2D eigenvalue weighted by atomic mass is 16.2. The van der Waals surface area contributed by atoms with Gasteiger partial charge in [0.25, 0.3) is 0 Å². The van der Waals surface area contributed by atoms with E-state index in [0.717, 1.165) is 12.2 Å². The van der Waals surface area contributed by atoms with Crippen LogP contribution in [0.1, 0.15) is 0 Å². The summed E-state index contributed by atoms with van der Waals surface area (Å²) >= 11 is 0. The van der Waals surface area contributed by atoms with Gasteiger partial charge in [0.2, 0.25) is 0 Å². The second-order valence-electron chi connectivity index (χ2n) is 3.55. The van der Waals surface area contributed by atoms with Gasteiger partial charge < -0.3 is 10.2 Å². The molecular formula is C9H10N4O. The molecule has 5 nitrogen and oxygen atoms in total. The van der Waals surface area contributed by atoms with E-state index in [4.69, 9.17) is 0 Å². The Hall–Kier alpha value is -1.78. The first-order valence-electron chi connectivity index (χ1n) is 4.59. The molecule has 2 aliphatic heterocycles. The van der Waals surface area contributed by atoms with Crippen LogP contribution in [-0.4, -0.2) is 39.8 Å². The lowest BCUT2D eigenvalue weighted by atomic mass is 10.2. The third-order valence-electron chi connectivity index (χ3n) is 2.56. The third-order valence-corrected chi connectivity index (χ3v) is 2.56. The fourth-order valence-electron chi connectivity index (χ4n) is 1.91. The maximum absolute atomic E-state index is 11.3. The molecule has 0 saturated carbocycles. The van der Waals surface area contributed by atoms with Gasteiger partial charge in [-0.25, -0.2) is 9.48 Å². The Balaban J connectivity index is 1.94. The van der Waals surface area contributed by atoms with Crippen molar-refractivity contribution in [2.75, 3.05) is 13.1 Å². The summed E-state index contributed by atoms with van der Waals surface area (Å²) in [7, 11) is 0. The summed E-state index contributed by atoms with van der Waals surface area (Å²) in [6, 6.07) is 2.05. The van der Waals surface area contributed by atoms with E-state index in [-0.39, 0.29) is 12.1 Å². The van der Waals surface area contributed by atoms with Crippen molar-refractivity contribution in [1.29, 1.82) is 0 Å². The number of rotatable bonds is 1. The normalized spacial score (nSPS) is 24.9. The van der Waals surface area contributed by atoms with Gasteiger partial charge in [0.1, 0.15) is 0 Å². The summed E-state index contributed by atoms with van der Waals surface area (Å²) < 4.78 is 1.80. The van der Waals surface area contributed by atoms with E-state index in [2.05, 4.69) is 16.5 Å². The van der Waals surface area contributed by atoms with E-state index in [1.165, 1.54) is 0 Å². The number of nitrogens with zero attached hydrogens (tertiary/aromatic N) is 3. The molecule has 1 atom stereocenters. The number of carbonyl (C=O) groups excluding carboxylic acids is 1. The summed E-state index contributed by atoms with van der Waals surface area (Å²) in [5, 5.41) is 7.02. The maximum Gasteiger partial charge on any atom is 0.318 e. The SMILES string of the molecule is O=C1NC2C=C(n3cccn3)CN1C2. The van der Waals surface area contributed by atoms with Crippen molar-refractivity contribution in [2.45, 2.75) is 6.04 Å². The largest absolute Gasteiger partial charge is 0.330 e. The number of nitrogens with one attached hydrogen (secondary N) is 1. The van der Waals surface area contributed by atoms with Crippen LogP contribution in [0.4, 0.5) is 4.79 Å². The Morgan fingerprint density at radius 2 is 2.50 bits per heavy atom. The summed E-state index contributed by atoms with van der Waals surface area (Å²) in [6.45, 7) is 1.42. The lowest BCUT2D eigenvalue weighted by molar-refractivity contribution is 0.222. The fourth-order valence-corrected chi connectivity index (χ4v) is 1.91. The minimum atomic E-state index is 0.0217. The number of hydrogen-bond donors (Lipinski definition) is 1. The van der Waals surface area contributed by atoms with Crippen molar-refractivity contribution in [3.8, 4) is 0 Å². The minimum Gasteiger partial charge on any atom is -0.330 e. The van der Waals surface area contributed by atoms with E-state index in [1.54, 1.807) is 15.8 Å². The van der Waals surface area contributed by atoms with Gasteiger partial charge in [-0.15, -0.1) is 0 Å². The second kappa shape index (κ2) is 2.60.